The Labute approximate surface area is 98.3 Å². The SMILES string of the molecule is CC1CCCN(CCCC(C)(N)C(N)=O)C1. The Morgan fingerprint density at radius 1 is 1.56 bits per heavy atom. The second-order valence-corrected chi connectivity index (χ2v) is 5.43. The fourth-order valence-corrected chi connectivity index (χ4v) is 2.28. The molecule has 0 saturated carbocycles. The van der Waals surface area contributed by atoms with Crippen LogP contribution in [0.5, 0.6) is 0 Å². The molecule has 0 spiro atoms. The monoisotopic (exact) mass is 227 g/mol. The molecular weight excluding hydrogens is 202 g/mol. The van der Waals surface area contributed by atoms with Crippen LogP contribution >= 0.6 is 0 Å². The number of rotatable bonds is 5. The van der Waals surface area contributed by atoms with Crippen LogP contribution < -0.4 is 11.5 Å². The first-order chi connectivity index (χ1) is 7.42. The van der Waals surface area contributed by atoms with Gasteiger partial charge < -0.3 is 16.4 Å². The van der Waals surface area contributed by atoms with E-state index >= 15 is 0 Å². The molecule has 1 aliphatic heterocycles. The van der Waals surface area contributed by atoms with E-state index in [0.29, 0.717) is 6.42 Å². The van der Waals surface area contributed by atoms with Gasteiger partial charge in [-0.15, -0.1) is 0 Å². The van der Waals surface area contributed by atoms with E-state index in [2.05, 4.69) is 11.8 Å². The zero-order valence-electron chi connectivity index (χ0n) is 10.5. The summed E-state index contributed by atoms with van der Waals surface area (Å²) in [6, 6.07) is 0. The summed E-state index contributed by atoms with van der Waals surface area (Å²) in [5.74, 6) is 0.397. The average Bonchev–Trinajstić information content (AvgIpc) is 2.17. The van der Waals surface area contributed by atoms with Crippen LogP contribution in [-0.4, -0.2) is 36.0 Å². The highest BCUT2D eigenvalue weighted by Gasteiger charge is 2.25. The number of piperidine rings is 1. The minimum Gasteiger partial charge on any atom is -0.368 e. The van der Waals surface area contributed by atoms with E-state index in [9.17, 15) is 4.79 Å². The third-order valence-electron chi connectivity index (χ3n) is 3.47. The van der Waals surface area contributed by atoms with E-state index < -0.39 is 11.4 Å². The van der Waals surface area contributed by atoms with Gasteiger partial charge in [-0.1, -0.05) is 6.92 Å². The molecule has 0 aromatic heterocycles. The summed E-state index contributed by atoms with van der Waals surface area (Å²) in [7, 11) is 0. The summed E-state index contributed by atoms with van der Waals surface area (Å²) in [6.07, 6.45) is 4.25. The highest BCUT2D eigenvalue weighted by atomic mass is 16.1. The number of amides is 1. The van der Waals surface area contributed by atoms with Gasteiger partial charge in [0.25, 0.3) is 0 Å². The number of carbonyl (C=O) groups is 1. The van der Waals surface area contributed by atoms with Crippen LogP contribution in [0.15, 0.2) is 0 Å². The van der Waals surface area contributed by atoms with Gasteiger partial charge in [-0.05, 0) is 51.6 Å². The molecule has 1 rings (SSSR count). The number of carbonyl (C=O) groups excluding carboxylic acids is 1. The molecule has 0 bridgehead atoms. The first-order valence-electron chi connectivity index (χ1n) is 6.23. The Morgan fingerprint density at radius 3 is 2.81 bits per heavy atom. The van der Waals surface area contributed by atoms with E-state index in [4.69, 9.17) is 11.5 Å². The van der Waals surface area contributed by atoms with Crippen molar-refractivity contribution in [3.8, 4) is 0 Å². The first-order valence-corrected chi connectivity index (χ1v) is 6.23. The maximum absolute atomic E-state index is 11.0. The summed E-state index contributed by atoms with van der Waals surface area (Å²) >= 11 is 0. The fourth-order valence-electron chi connectivity index (χ4n) is 2.28. The lowest BCUT2D eigenvalue weighted by atomic mass is 9.95. The summed E-state index contributed by atoms with van der Waals surface area (Å²) in [5.41, 5.74) is 10.2. The fraction of sp³-hybridized carbons (Fsp3) is 0.917. The molecule has 1 saturated heterocycles. The lowest BCUT2D eigenvalue weighted by Gasteiger charge is -2.31. The number of primary amides is 1. The van der Waals surface area contributed by atoms with Crippen LogP contribution in [-0.2, 0) is 4.79 Å². The van der Waals surface area contributed by atoms with Crippen molar-refractivity contribution in [2.75, 3.05) is 19.6 Å². The smallest absolute Gasteiger partial charge is 0.237 e. The van der Waals surface area contributed by atoms with Gasteiger partial charge in [-0.2, -0.15) is 0 Å². The van der Waals surface area contributed by atoms with Gasteiger partial charge >= 0.3 is 0 Å². The summed E-state index contributed by atoms with van der Waals surface area (Å²) in [4.78, 5) is 13.5. The molecule has 0 aliphatic carbocycles. The molecule has 2 atom stereocenters. The number of nitrogens with two attached hydrogens (primary N) is 2. The van der Waals surface area contributed by atoms with E-state index in [1.54, 1.807) is 6.92 Å². The highest BCUT2D eigenvalue weighted by molar-refractivity contribution is 5.83. The van der Waals surface area contributed by atoms with E-state index in [1.807, 2.05) is 0 Å². The van der Waals surface area contributed by atoms with Crippen LogP contribution in [0.25, 0.3) is 0 Å². The Bertz CT molecular complexity index is 240. The van der Waals surface area contributed by atoms with E-state index in [-0.39, 0.29) is 0 Å². The van der Waals surface area contributed by atoms with Crippen LogP contribution in [0.1, 0.15) is 39.5 Å². The maximum atomic E-state index is 11.0. The van der Waals surface area contributed by atoms with Crippen molar-refractivity contribution in [1.29, 1.82) is 0 Å². The molecule has 1 fully saturated rings. The summed E-state index contributed by atoms with van der Waals surface area (Å²) in [6.45, 7) is 7.40. The molecule has 4 N–H and O–H groups in total. The second kappa shape index (κ2) is 5.64. The van der Waals surface area contributed by atoms with Gasteiger partial charge in [-0.25, -0.2) is 0 Å². The summed E-state index contributed by atoms with van der Waals surface area (Å²) in [5, 5.41) is 0. The van der Waals surface area contributed by atoms with Gasteiger partial charge in [0.05, 0.1) is 5.54 Å². The Kier molecular flexibility index (Phi) is 4.74. The van der Waals surface area contributed by atoms with Gasteiger partial charge in [0.15, 0.2) is 0 Å². The first kappa shape index (κ1) is 13.5. The van der Waals surface area contributed by atoms with Crippen molar-refractivity contribution in [3.63, 3.8) is 0 Å². The van der Waals surface area contributed by atoms with Gasteiger partial charge in [-0.3, -0.25) is 4.79 Å². The minimum absolute atomic E-state index is 0.403. The largest absolute Gasteiger partial charge is 0.368 e. The summed E-state index contributed by atoms with van der Waals surface area (Å²) < 4.78 is 0. The number of hydrogen-bond donors (Lipinski definition) is 2. The molecule has 1 amide bonds. The molecule has 4 nitrogen and oxygen atoms in total. The Morgan fingerprint density at radius 2 is 2.25 bits per heavy atom. The second-order valence-electron chi connectivity index (χ2n) is 5.43. The minimum atomic E-state index is -0.846. The lowest BCUT2D eigenvalue weighted by molar-refractivity contribution is -0.122. The zero-order chi connectivity index (χ0) is 12.2. The van der Waals surface area contributed by atoms with Crippen molar-refractivity contribution in [3.05, 3.63) is 0 Å². The van der Waals surface area contributed by atoms with Crippen molar-refractivity contribution < 1.29 is 4.79 Å². The third kappa shape index (κ3) is 4.10. The lowest BCUT2D eigenvalue weighted by Crippen LogP contribution is -2.49. The molecular formula is C12H25N3O. The Hall–Kier alpha value is -0.610. The van der Waals surface area contributed by atoms with Crippen LogP contribution in [0, 0.1) is 5.92 Å². The predicted molar refractivity (Wildman–Crippen MR) is 65.9 cm³/mol. The van der Waals surface area contributed by atoms with Crippen LogP contribution in [0.3, 0.4) is 0 Å². The standard InChI is InChI=1S/C12H25N3O/c1-10-5-3-7-15(9-10)8-4-6-12(2,14)11(13)16/h10H,3-9,14H2,1-2H3,(H2,13,16). The van der Waals surface area contributed by atoms with Crippen molar-refractivity contribution in [2.45, 2.75) is 45.1 Å². The van der Waals surface area contributed by atoms with E-state index in [1.165, 1.54) is 25.9 Å². The number of likely N-dealkylation sites (tertiary alicyclic amines) is 1. The number of hydrogen-bond acceptors (Lipinski definition) is 3. The van der Waals surface area contributed by atoms with Gasteiger partial charge in [0.2, 0.25) is 5.91 Å². The molecule has 0 aromatic rings. The maximum Gasteiger partial charge on any atom is 0.237 e. The Balaban J connectivity index is 2.22. The quantitative estimate of drug-likeness (QED) is 0.726. The van der Waals surface area contributed by atoms with Crippen LogP contribution in [0.2, 0.25) is 0 Å². The topological polar surface area (TPSA) is 72.3 Å². The molecule has 1 heterocycles. The highest BCUT2D eigenvalue weighted by Crippen LogP contribution is 2.16. The third-order valence-corrected chi connectivity index (χ3v) is 3.47. The molecule has 94 valence electrons. The molecule has 16 heavy (non-hydrogen) atoms. The molecule has 1 aliphatic rings. The molecule has 2 unspecified atom stereocenters. The zero-order valence-corrected chi connectivity index (χ0v) is 10.5. The average molecular weight is 227 g/mol. The van der Waals surface area contributed by atoms with Crippen molar-refractivity contribution in [1.82, 2.24) is 4.90 Å². The molecule has 4 heteroatoms. The molecule has 0 aromatic carbocycles. The normalized spacial score (nSPS) is 26.3. The van der Waals surface area contributed by atoms with Crippen molar-refractivity contribution >= 4 is 5.91 Å². The number of nitrogens with zero attached hydrogens (tertiary/aromatic N) is 1. The molecule has 0 radical (unpaired) electrons. The predicted octanol–water partition coefficient (Wildman–Crippen LogP) is 0.701. The van der Waals surface area contributed by atoms with Crippen molar-refractivity contribution in [2.24, 2.45) is 17.4 Å². The van der Waals surface area contributed by atoms with Gasteiger partial charge in [0, 0.05) is 6.54 Å². The van der Waals surface area contributed by atoms with Crippen LogP contribution in [0.4, 0.5) is 0 Å². The van der Waals surface area contributed by atoms with E-state index in [0.717, 1.165) is 18.9 Å². The van der Waals surface area contributed by atoms with Gasteiger partial charge in [0.1, 0.15) is 0 Å².